The largest absolute Gasteiger partial charge is 0.484 e. The van der Waals surface area contributed by atoms with E-state index in [1.54, 1.807) is 31.4 Å². The highest BCUT2D eigenvalue weighted by molar-refractivity contribution is 6.30. The summed E-state index contributed by atoms with van der Waals surface area (Å²) in [5.41, 5.74) is 1.03. The minimum atomic E-state index is -0.260. The number of rotatable bonds is 6. The Morgan fingerprint density at radius 1 is 1.42 bits per heavy atom. The van der Waals surface area contributed by atoms with Crippen LogP contribution < -0.4 is 4.74 Å². The number of hydrogen-bond acceptors (Lipinski definition) is 6. The summed E-state index contributed by atoms with van der Waals surface area (Å²) in [6, 6.07) is 4.98. The van der Waals surface area contributed by atoms with Gasteiger partial charge in [-0.05, 0) is 6.07 Å². The molecular formula is C15H14ClN5O3. The molecule has 9 heteroatoms. The fraction of sp³-hybridized carbons (Fsp3) is 0.200. The number of aromatic amines is 1. The number of halogens is 1. The molecule has 0 radical (unpaired) electrons. The van der Waals surface area contributed by atoms with E-state index in [4.69, 9.17) is 20.9 Å². The first-order valence-electron chi connectivity index (χ1n) is 7.04. The first-order chi connectivity index (χ1) is 11.6. The third-order valence-corrected chi connectivity index (χ3v) is 3.36. The monoisotopic (exact) mass is 347 g/mol. The Balaban J connectivity index is 1.59. The summed E-state index contributed by atoms with van der Waals surface area (Å²) >= 11 is 5.83. The SMILES string of the molecule is CN(Cc1ccn[nH]1)C(=O)c1cc(COc2cncc(Cl)c2)on1. The topological polar surface area (TPSA) is 97.1 Å². The van der Waals surface area contributed by atoms with Crippen LogP contribution in [0.15, 0.2) is 41.3 Å². The zero-order valence-corrected chi connectivity index (χ0v) is 13.5. The van der Waals surface area contributed by atoms with Gasteiger partial charge in [0, 0.05) is 31.6 Å². The minimum absolute atomic E-state index is 0.118. The van der Waals surface area contributed by atoms with Crippen LogP contribution in [0.4, 0.5) is 0 Å². The van der Waals surface area contributed by atoms with Crippen LogP contribution in [0.25, 0.3) is 0 Å². The van der Waals surface area contributed by atoms with Crippen LogP contribution in [0.3, 0.4) is 0 Å². The molecule has 0 aromatic carbocycles. The highest BCUT2D eigenvalue weighted by atomic mass is 35.5. The van der Waals surface area contributed by atoms with Crippen molar-refractivity contribution in [1.82, 2.24) is 25.2 Å². The third kappa shape index (κ3) is 3.90. The maximum atomic E-state index is 12.3. The summed E-state index contributed by atoms with van der Waals surface area (Å²) in [7, 11) is 1.67. The zero-order chi connectivity index (χ0) is 16.9. The van der Waals surface area contributed by atoms with Crippen molar-refractivity contribution in [2.45, 2.75) is 13.2 Å². The van der Waals surface area contributed by atoms with Gasteiger partial charge in [0.1, 0.15) is 12.4 Å². The summed E-state index contributed by atoms with van der Waals surface area (Å²) in [6.45, 7) is 0.512. The van der Waals surface area contributed by atoms with E-state index < -0.39 is 0 Å². The smallest absolute Gasteiger partial charge is 0.276 e. The van der Waals surface area contributed by atoms with Gasteiger partial charge in [-0.15, -0.1) is 0 Å². The predicted molar refractivity (Wildman–Crippen MR) is 84.5 cm³/mol. The Morgan fingerprint density at radius 2 is 2.29 bits per heavy atom. The Kier molecular flexibility index (Phi) is 4.76. The molecule has 0 aliphatic heterocycles. The van der Waals surface area contributed by atoms with E-state index in [2.05, 4.69) is 20.3 Å². The molecule has 3 heterocycles. The molecule has 0 bridgehead atoms. The lowest BCUT2D eigenvalue weighted by atomic mass is 10.3. The van der Waals surface area contributed by atoms with Gasteiger partial charge in [0.2, 0.25) is 0 Å². The standard InChI is InChI=1S/C15H14ClN5O3/c1-21(8-11-2-3-18-19-11)15(22)14-5-13(24-20-14)9-23-12-4-10(16)6-17-7-12/h2-7H,8-9H2,1H3,(H,18,19). The van der Waals surface area contributed by atoms with E-state index in [0.717, 1.165) is 5.69 Å². The van der Waals surface area contributed by atoms with Gasteiger partial charge < -0.3 is 14.2 Å². The number of nitrogens with zero attached hydrogens (tertiary/aromatic N) is 4. The average Bonchev–Trinajstić information content (AvgIpc) is 3.24. The van der Waals surface area contributed by atoms with E-state index in [1.807, 2.05) is 0 Å². The highest BCUT2D eigenvalue weighted by Gasteiger charge is 2.17. The van der Waals surface area contributed by atoms with E-state index in [9.17, 15) is 4.79 Å². The van der Waals surface area contributed by atoms with Gasteiger partial charge in [-0.2, -0.15) is 5.10 Å². The summed E-state index contributed by atoms with van der Waals surface area (Å²) < 4.78 is 10.6. The molecule has 3 rings (SSSR count). The molecule has 1 amide bonds. The lowest BCUT2D eigenvalue weighted by Crippen LogP contribution is -2.26. The zero-order valence-electron chi connectivity index (χ0n) is 12.8. The first-order valence-corrected chi connectivity index (χ1v) is 7.42. The normalized spacial score (nSPS) is 10.6. The van der Waals surface area contributed by atoms with Crippen molar-refractivity contribution in [1.29, 1.82) is 0 Å². The molecule has 3 aromatic rings. The van der Waals surface area contributed by atoms with Crippen molar-refractivity contribution in [2.75, 3.05) is 7.05 Å². The summed E-state index contributed by atoms with van der Waals surface area (Å²) in [5.74, 6) is 0.667. The fourth-order valence-corrected chi connectivity index (χ4v) is 2.17. The van der Waals surface area contributed by atoms with E-state index in [0.29, 0.717) is 23.1 Å². The second-order valence-corrected chi connectivity index (χ2v) is 5.49. The lowest BCUT2D eigenvalue weighted by molar-refractivity contribution is 0.0772. The van der Waals surface area contributed by atoms with Crippen LogP contribution in [-0.4, -0.2) is 38.2 Å². The van der Waals surface area contributed by atoms with Crippen molar-refractivity contribution >= 4 is 17.5 Å². The second-order valence-electron chi connectivity index (χ2n) is 5.05. The highest BCUT2D eigenvalue weighted by Crippen LogP contribution is 2.17. The number of pyridine rings is 1. The van der Waals surface area contributed by atoms with Crippen molar-refractivity contribution in [3.63, 3.8) is 0 Å². The number of hydrogen-bond donors (Lipinski definition) is 1. The minimum Gasteiger partial charge on any atom is -0.484 e. The van der Waals surface area contributed by atoms with E-state index >= 15 is 0 Å². The van der Waals surface area contributed by atoms with Crippen LogP contribution >= 0.6 is 11.6 Å². The van der Waals surface area contributed by atoms with Crippen molar-refractivity contribution < 1.29 is 14.1 Å². The van der Waals surface area contributed by atoms with Crippen LogP contribution in [0.2, 0.25) is 5.02 Å². The van der Waals surface area contributed by atoms with Crippen molar-refractivity contribution in [2.24, 2.45) is 0 Å². The van der Waals surface area contributed by atoms with Gasteiger partial charge >= 0.3 is 0 Å². The average molecular weight is 348 g/mol. The number of carbonyl (C=O) groups excluding carboxylic acids is 1. The van der Waals surface area contributed by atoms with Gasteiger partial charge in [0.25, 0.3) is 5.91 Å². The summed E-state index contributed by atoms with van der Waals surface area (Å²) in [4.78, 5) is 17.7. The number of H-pyrrole nitrogens is 1. The summed E-state index contributed by atoms with van der Waals surface area (Å²) in [5, 5.41) is 10.9. The Hall–Kier alpha value is -2.87. The molecule has 8 nitrogen and oxygen atoms in total. The third-order valence-electron chi connectivity index (χ3n) is 3.15. The van der Waals surface area contributed by atoms with Crippen LogP contribution in [0.1, 0.15) is 21.9 Å². The molecule has 0 aliphatic rings. The van der Waals surface area contributed by atoms with Gasteiger partial charge in [0.15, 0.2) is 11.5 Å². The van der Waals surface area contributed by atoms with E-state index in [-0.39, 0.29) is 18.2 Å². The molecular weight excluding hydrogens is 334 g/mol. The number of amides is 1. The fourth-order valence-electron chi connectivity index (χ4n) is 2.00. The van der Waals surface area contributed by atoms with Crippen LogP contribution in [0.5, 0.6) is 5.75 Å². The number of aromatic nitrogens is 4. The molecule has 0 spiro atoms. The number of ether oxygens (including phenoxy) is 1. The van der Waals surface area contributed by atoms with Crippen LogP contribution in [-0.2, 0) is 13.2 Å². The Bertz CT molecular complexity index is 818. The molecule has 0 unspecified atom stereocenters. The molecule has 1 N–H and O–H groups in total. The van der Waals surface area contributed by atoms with Crippen LogP contribution in [0, 0.1) is 0 Å². The van der Waals surface area contributed by atoms with Crippen molar-refractivity contribution in [3.05, 3.63) is 59.0 Å². The summed E-state index contributed by atoms with van der Waals surface area (Å²) in [6.07, 6.45) is 4.67. The molecule has 124 valence electrons. The quantitative estimate of drug-likeness (QED) is 0.734. The molecule has 0 saturated heterocycles. The molecule has 0 saturated carbocycles. The Labute approximate surface area is 142 Å². The van der Waals surface area contributed by atoms with Gasteiger partial charge in [-0.3, -0.25) is 14.9 Å². The molecule has 0 atom stereocenters. The maximum Gasteiger partial charge on any atom is 0.276 e. The number of carbonyl (C=O) groups is 1. The Morgan fingerprint density at radius 3 is 3.04 bits per heavy atom. The molecule has 3 aromatic heterocycles. The van der Waals surface area contributed by atoms with Crippen molar-refractivity contribution in [3.8, 4) is 5.75 Å². The second kappa shape index (κ2) is 7.14. The molecule has 24 heavy (non-hydrogen) atoms. The molecule has 0 fully saturated rings. The van der Waals surface area contributed by atoms with Gasteiger partial charge in [0.05, 0.1) is 23.5 Å². The van der Waals surface area contributed by atoms with Gasteiger partial charge in [-0.25, -0.2) is 0 Å². The van der Waals surface area contributed by atoms with Gasteiger partial charge in [-0.1, -0.05) is 16.8 Å². The maximum absolute atomic E-state index is 12.3. The van der Waals surface area contributed by atoms with E-state index in [1.165, 1.54) is 17.3 Å². The predicted octanol–water partition coefficient (Wildman–Crippen LogP) is 2.30. The lowest BCUT2D eigenvalue weighted by Gasteiger charge is -2.13. The molecule has 0 aliphatic carbocycles. The number of nitrogens with one attached hydrogen (secondary N) is 1. The first kappa shape index (κ1) is 16.0.